The predicted octanol–water partition coefficient (Wildman–Crippen LogP) is 5.15. The first kappa shape index (κ1) is 22.8. The highest BCUT2D eigenvalue weighted by Gasteiger charge is 2.11. The first-order chi connectivity index (χ1) is 14.9. The Bertz CT molecular complexity index is 1130. The van der Waals surface area contributed by atoms with E-state index in [1.807, 2.05) is 44.2 Å². The molecular weight excluding hydrogens is 480 g/mol. The minimum absolute atomic E-state index is 0.0554. The van der Waals surface area contributed by atoms with Crippen molar-refractivity contribution in [1.82, 2.24) is 9.99 Å². The summed E-state index contributed by atoms with van der Waals surface area (Å²) in [4.78, 5) is 22.3. The van der Waals surface area contributed by atoms with Crippen LogP contribution in [0.15, 0.2) is 64.2 Å². The molecule has 3 aromatic rings. The van der Waals surface area contributed by atoms with Crippen LogP contribution in [0.25, 0.3) is 5.69 Å². The van der Waals surface area contributed by atoms with Gasteiger partial charge in [0.15, 0.2) is 0 Å². The summed E-state index contributed by atoms with van der Waals surface area (Å²) < 4.78 is 3.13. The zero-order valence-electron chi connectivity index (χ0n) is 17.0. The number of non-ortho nitro benzene ring substituents is 1. The van der Waals surface area contributed by atoms with E-state index in [1.54, 1.807) is 18.3 Å². The maximum Gasteiger partial charge on any atom is 0.269 e. The summed E-state index contributed by atoms with van der Waals surface area (Å²) in [5.74, 6) is 0.620. The number of hydrogen-bond acceptors (Lipinski definition) is 5. The number of nitro groups is 1. The zero-order valence-corrected chi connectivity index (χ0v) is 19.4. The summed E-state index contributed by atoms with van der Waals surface area (Å²) in [5.41, 5.74) is 7.59. The number of benzene rings is 2. The molecule has 160 valence electrons. The lowest BCUT2D eigenvalue weighted by atomic mass is 10.2. The highest BCUT2D eigenvalue weighted by molar-refractivity contribution is 9.10. The highest BCUT2D eigenvalue weighted by Crippen LogP contribution is 2.26. The molecule has 9 heteroatoms. The maximum absolute atomic E-state index is 12.0. The van der Waals surface area contributed by atoms with Crippen LogP contribution in [0.5, 0.6) is 0 Å². The Morgan fingerprint density at radius 1 is 1.23 bits per heavy atom. The molecule has 0 atom stereocenters. The molecule has 0 unspecified atom stereocenters. The lowest BCUT2D eigenvalue weighted by Crippen LogP contribution is -2.19. The molecule has 0 spiro atoms. The average molecular weight is 501 g/mol. The van der Waals surface area contributed by atoms with Crippen molar-refractivity contribution in [2.24, 2.45) is 5.10 Å². The number of nitro benzene ring substituents is 1. The number of thioether (sulfide) groups is 1. The number of rotatable bonds is 8. The first-order valence-corrected chi connectivity index (χ1v) is 11.4. The van der Waals surface area contributed by atoms with Crippen molar-refractivity contribution in [3.63, 3.8) is 0 Å². The molecule has 0 bridgehead atoms. The summed E-state index contributed by atoms with van der Waals surface area (Å²) in [6.07, 6.45) is 1.65. The third kappa shape index (κ3) is 5.83. The van der Waals surface area contributed by atoms with Gasteiger partial charge in [0, 0.05) is 39.3 Å². The molecule has 31 heavy (non-hydrogen) atoms. The number of carbonyl (C=O) groups excluding carboxylic acids is 1. The van der Waals surface area contributed by atoms with Crippen LogP contribution in [0.4, 0.5) is 5.69 Å². The second kappa shape index (κ2) is 10.4. The predicted molar refractivity (Wildman–Crippen MR) is 128 cm³/mol. The number of hydrazone groups is 1. The van der Waals surface area contributed by atoms with Crippen molar-refractivity contribution < 1.29 is 9.72 Å². The second-order valence-corrected chi connectivity index (χ2v) is 8.66. The number of aryl methyl sites for hydroxylation is 1. The molecule has 2 aromatic carbocycles. The Hall–Kier alpha value is -2.91. The standard InChI is InChI=1S/C22H21BrN4O3S/c1-15-11-18(16(2)26(15)21-6-4-3-5-20(21)23)12-24-25-22(28)14-31-13-17-7-9-19(10-8-17)27(29)30/h3-12H,13-14H2,1-2H3,(H,25,28)/b24-12+. The molecule has 0 aliphatic carbocycles. The summed E-state index contributed by atoms with van der Waals surface area (Å²) >= 11 is 5.01. The molecule has 0 aliphatic rings. The van der Waals surface area contributed by atoms with E-state index in [1.165, 1.54) is 23.9 Å². The Labute approximate surface area is 192 Å². The van der Waals surface area contributed by atoms with Crippen LogP contribution >= 0.6 is 27.7 Å². The van der Waals surface area contributed by atoms with Crippen LogP contribution in [-0.4, -0.2) is 27.4 Å². The Morgan fingerprint density at radius 3 is 2.61 bits per heavy atom. The van der Waals surface area contributed by atoms with Crippen molar-refractivity contribution in [2.75, 3.05) is 5.75 Å². The molecule has 3 rings (SSSR count). The van der Waals surface area contributed by atoms with E-state index in [0.717, 1.165) is 32.7 Å². The number of aromatic nitrogens is 1. The van der Waals surface area contributed by atoms with Gasteiger partial charge in [0.25, 0.3) is 5.69 Å². The van der Waals surface area contributed by atoms with E-state index in [2.05, 4.69) is 31.0 Å². The number of halogens is 1. The van der Waals surface area contributed by atoms with E-state index in [-0.39, 0.29) is 17.3 Å². The third-order valence-corrected chi connectivity index (χ3v) is 6.28. The van der Waals surface area contributed by atoms with Crippen LogP contribution in [0.3, 0.4) is 0 Å². The molecule has 0 saturated carbocycles. The fourth-order valence-electron chi connectivity index (χ4n) is 3.10. The van der Waals surface area contributed by atoms with Crippen LogP contribution in [0.1, 0.15) is 22.5 Å². The second-order valence-electron chi connectivity index (χ2n) is 6.82. The Balaban J connectivity index is 1.53. The molecule has 1 aromatic heterocycles. The van der Waals surface area contributed by atoms with Crippen molar-refractivity contribution in [1.29, 1.82) is 0 Å². The number of amides is 1. The molecule has 1 heterocycles. The molecule has 0 fully saturated rings. The van der Waals surface area contributed by atoms with Crippen molar-refractivity contribution in [3.05, 3.63) is 91.7 Å². The molecule has 0 aliphatic heterocycles. The fourth-order valence-corrected chi connectivity index (χ4v) is 4.35. The number of para-hydroxylation sites is 1. The summed E-state index contributed by atoms with van der Waals surface area (Å²) in [5, 5.41) is 14.8. The maximum atomic E-state index is 12.0. The van der Waals surface area contributed by atoms with Gasteiger partial charge >= 0.3 is 0 Å². The quantitative estimate of drug-likeness (QED) is 0.263. The van der Waals surface area contributed by atoms with Gasteiger partial charge in [-0.1, -0.05) is 24.3 Å². The zero-order chi connectivity index (χ0) is 22.4. The lowest BCUT2D eigenvalue weighted by Gasteiger charge is -2.11. The van der Waals surface area contributed by atoms with Gasteiger partial charge in [-0.3, -0.25) is 14.9 Å². The van der Waals surface area contributed by atoms with Crippen LogP contribution in [0, 0.1) is 24.0 Å². The summed E-state index contributed by atoms with van der Waals surface area (Å²) in [6.45, 7) is 4.03. The van der Waals surface area contributed by atoms with E-state index >= 15 is 0 Å². The van der Waals surface area contributed by atoms with Crippen LogP contribution in [0.2, 0.25) is 0 Å². The third-order valence-electron chi connectivity index (χ3n) is 4.61. The monoisotopic (exact) mass is 500 g/mol. The molecule has 1 amide bonds. The fraction of sp³-hybridized carbons (Fsp3) is 0.182. The first-order valence-electron chi connectivity index (χ1n) is 9.43. The van der Waals surface area contributed by atoms with Gasteiger partial charge in [0.1, 0.15) is 0 Å². The molecule has 0 radical (unpaired) electrons. The van der Waals surface area contributed by atoms with Gasteiger partial charge < -0.3 is 4.57 Å². The SMILES string of the molecule is Cc1cc(/C=N/NC(=O)CSCc2ccc([N+](=O)[O-])cc2)c(C)n1-c1ccccc1Br. The van der Waals surface area contributed by atoms with Gasteiger partial charge in [0.2, 0.25) is 5.91 Å². The van der Waals surface area contributed by atoms with Gasteiger partial charge in [-0.15, -0.1) is 11.8 Å². The average Bonchev–Trinajstić information content (AvgIpc) is 3.02. The van der Waals surface area contributed by atoms with Crippen LogP contribution < -0.4 is 5.43 Å². The van der Waals surface area contributed by atoms with Gasteiger partial charge in [-0.05, 0) is 53.5 Å². The highest BCUT2D eigenvalue weighted by atomic mass is 79.9. The number of nitrogens with one attached hydrogen (secondary N) is 1. The number of nitrogens with zero attached hydrogens (tertiary/aromatic N) is 3. The summed E-state index contributed by atoms with van der Waals surface area (Å²) in [7, 11) is 0. The van der Waals surface area contributed by atoms with E-state index in [9.17, 15) is 14.9 Å². The van der Waals surface area contributed by atoms with Crippen LogP contribution in [-0.2, 0) is 10.5 Å². The molecule has 1 N–H and O–H groups in total. The van der Waals surface area contributed by atoms with Gasteiger partial charge in [-0.25, -0.2) is 5.43 Å². The topological polar surface area (TPSA) is 89.5 Å². The normalized spacial score (nSPS) is 11.1. The molecule has 0 saturated heterocycles. The van der Waals surface area contributed by atoms with Gasteiger partial charge in [0.05, 0.1) is 22.6 Å². The summed E-state index contributed by atoms with van der Waals surface area (Å²) in [6, 6.07) is 16.3. The van der Waals surface area contributed by atoms with Crippen molar-refractivity contribution in [2.45, 2.75) is 19.6 Å². The Kier molecular flexibility index (Phi) is 7.64. The Morgan fingerprint density at radius 2 is 1.94 bits per heavy atom. The number of hydrogen-bond donors (Lipinski definition) is 1. The van der Waals surface area contributed by atoms with Gasteiger partial charge in [-0.2, -0.15) is 5.10 Å². The minimum Gasteiger partial charge on any atom is -0.317 e. The minimum atomic E-state index is -0.432. The lowest BCUT2D eigenvalue weighted by molar-refractivity contribution is -0.384. The molecular formula is C22H21BrN4O3S. The van der Waals surface area contributed by atoms with E-state index < -0.39 is 4.92 Å². The van der Waals surface area contributed by atoms with Crippen molar-refractivity contribution in [3.8, 4) is 5.69 Å². The van der Waals surface area contributed by atoms with Crippen molar-refractivity contribution >= 4 is 45.5 Å². The largest absolute Gasteiger partial charge is 0.317 e. The van der Waals surface area contributed by atoms with E-state index in [4.69, 9.17) is 0 Å². The van der Waals surface area contributed by atoms with E-state index in [0.29, 0.717) is 5.75 Å². The number of carbonyl (C=O) groups is 1. The smallest absolute Gasteiger partial charge is 0.269 e. The molecule has 7 nitrogen and oxygen atoms in total.